The average Bonchev–Trinajstić information content (AvgIpc) is 3.93. The molecule has 2 amide bonds. The minimum absolute atomic E-state index is 0.0244. The molecule has 3 N–H and O–H groups in total. The molecule has 13 nitrogen and oxygen atoms in total. The summed E-state index contributed by atoms with van der Waals surface area (Å²) in [6.45, 7) is 4.89. The molecule has 13 heteroatoms. The second-order valence-electron chi connectivity index (χ2n) is 12.8. The third kappa shape index (κ3) is 5.20. The molecule has 232 valence electrons. The van der Waals surface area contributed by atoms with Crippen LogP contribution in [0.1, 0.15) is 66.6 Å². The minimum atomic E-state index is -0.278. The highest BCUT2D eigenvalue weighted by atomic mass is 16.2. The van der Waals surface area contributed by atoms with Crippen LogP contribution in [-0.2, 0) is 18.4 Å². The van der Waals surface area contributed by atoms with Crippen molar-refractivity contribution in [2.45, 2.75) is 57.3 Å². The number of anilines is 4. The molecule has 3 aromatic heterocycles. The van der Waals surface area contributed by atoms with Gasteiger partial charge in [0, 0.05) is 69.1 Å². The van der Waals surface area contributed by atoms with Gasteiger partial charge in [0.15, 0.2) is 11.5 Å². The number of nitrogens with one attached hydrogen (secondary N) is 3. The Labute approximate surface area is 261 Å². The van der Waals surface area contributed by atoms with Gasteiger partial charge in [-0.2, -0.15) is 10.2 Å². The molecule has 8 rings (SSSR count). The fourth-order valence-corrected chi connectivity index (χ4v) is 6.42. The largest absolute Gasteiger partial charge is 0.364 e. The highest BCUT2D eigenvalue weighted by Crippen LogP contribution is 2.49. The number of hydrogen-bond acceptors (Lipinski definition) is 9. The van der Waals surface area contributed by atoms with E-state index in [1.807, 2.05) is 36.3 Å². The molecule has 0 bridgehead atoms. The molecule has 1 unspecified atom stereocenters. The third-order valence-electron chi connectivity index (χ3n) is 9.32. The first-order chi connectivity index (χ1) is 21.8. The van der Waals surface area contributed by atoms with Gasteiger partial charge in [0.05, 0.1) is 46.7 Å². The van der Waals surface area contributed by atoms with Crippen molar-refractivity contribution in [3.8, 4) is 11.1 Å². The van der Waals surface area contributed by atoms with E-state index >= 15 is 0 Å². The Morgan fingerprint density at radius 3 is 2.56 bits per heavy atom. The topological polar surface area (TPSA) is 138 Å². The van der Waals surface area contributed by atoms with Crippen LogP contribution in [-0.4, -0.2) is 72.7 Å². The standard InChI is InChI=1S/C32H37N11O2/c1-18-29-24(14-33-43(29)22-16-42(17-22)15-21-11-12-40(2)39-21)23-5-4-6-25(30(23)41(18)3)35-26-13-27(36-31(44)19-7-8-19)37-38-28(26)32(45)34-20-9-10-20/h4-6,11-14,18-20,22H,7-10,15-17H2,1-3H3,(H,34,45)(H2,35,36,37,44). The fraction of sp³-hybridized carbons (Fsp3) is 0.438. The Kier molecular flexibility index (Phi) is 6.59. The Balaban J connectivity index is 1.08. The molecule has 5 heterocycles. The van der Waals surface area contributed by atoms with Crippen molar-refractivity contribution in [1.82, 2.24) is 40.0 Å². The van der Waals surface area contributed by atoms with Gasteiger partial charge in [-0.1, -0.05) is 12.1 Å². The average molecular weight is 608 g/mol. The maximum atomic E-state index is 13.2. The predicted octanol–water partition coefficient (Wildman–Crippen LogP) is 3.63. The van der Waals surface area contributed by atoms with E-state index in [0.29, 0.717) is 17.5 Å². The highest BCUT2D eigenvalue weighted by molar-refractivity contribution is 6.01. The van der Waals surface area contributed by atoms with E-state index in [1.54, 1.807) is 6.07 Å². The lowest BCUT2D eigenvalue weighted by molar-refractivity contribution is -0.117. The highest BCUT2D eigenvalue weighted by Gasteiger charge is 2.37. The van der Waals surface area contributed by atoms with Crippen LogP contribution in [0.4, 0.5) is 22.9 Å². The number of carbonyl (C=O) groups is 2. The maximum absolute atomic E-state index is 13.2. The quantitative estimate of drug-likeness (QED) is 0.260. The molecular formula is C32H37N11O2. The van der Waals surface area contributed by atoms with Gasteiger partial charge >= 0.3 is 0 Å². The number of aryl methyl sites for hydroxylation is 1. The van der Waals surface area contributed by atoms with Gasteiger partial charge in [-0.25, -0.2) is 0 Å². The van der Waals surface area contributed by atoms with E-state index < -0.39 is 0 Å². The summed E-state index contributed by atoms with van der Waals surface area (Å²) in [5.41, 5.74) is 6.99. The third-order valence-corrected chi connectivity index (χ3v) is 9.32. The molecule has 3 fully saturated rings. The van der Waals surface area contributed by atoms with Crippen molar-refractivity contribution in [1.29, 1.82) is 0 Å². The zero-order chi connectivity index (χ0) is 30.8. The molecule has 0 radical (unpaired) electrons. The van der Waals surface area contributed by atoms with Crippen LogP contribution in [0.15, 0.2) is 42.7 Å². The van der Waals surface area contributed by atoms with E-state index in [0.717, 1.165) is 73.5 Å². The van der Waals surface area contributed by atoms with Crippen LogP contribution >= 0.6 is 0 Å². The van der Waals surface area contributed by atoms with Crippen LogP contribution in [0.2, 0.25) is 0 Å². The van der Waals surface area contributed by atoms with E-state index in [9.17, 15) is 9.59 Å². The number of amides is 2. The van der Waals surface area contributed by atoms with Gasteiger partial charge in [-0.15, -0.1) is 10.2 Å². The number of hydrogen-bond donors (Lipinski definition) is 3. The Morgan fingerprint density at radius 1 is 1.00 bits per heavy atom. The summed E-state index contributed by atoms with van der Waals surface area (Å²) in [4.78, 5) is 30.3. The smallest absolute Gasteiger partial charge is 0.274 e. The van der Waals surface area contributed by atoms with Crippen molar-refractivity contribution in [2.24, 2.45) is 13.0 Å². The predicted molar refractivity (Wildman–Crippen MR) is 169 cm³/mol. The molecule has 4 aromatic rings. The maximum Gasteiger partial charge on any atom is 0.274 e. The number of aromatic nitrogens is 6. The molecule has 1 saturated heterocycles. The lowest BCUT2D eigenvalue weighted by Crippen LogP contribution is -2.48. The zero-order valence-corrected chi connectivity index (χ0v) is 25.7. The summed E-state index contributed by atoms with van der Waals surface area (Å²) in [5, 5.41) is 27.3. The first kappa shape index (κ1) is 27.7. The zero-order valence-electron chi connectivity index (χ0n) is 25.7. The number of benzene rings is 1. The summed E-state index contributed by atoms with van der Waals surface area (Å²) in [7, 11) is 4.04. The Hall–Kier alpha value is -4.78. The lowest BCUT2D eigenvalue weighted by atomic mass is 9.93. The van der Waals surface area contributed by atoms with Crippen LogP contribution in [0.3, 0.4) is 0 Å². The molecule has 2 aliphatic carbocycles. The lowest BCUT2D eigenvalue weighted by Gasteiger charge is -2.42. The Bertz CT molecular complexity index is 1800. The molecule has 4 aliphatic rings. The Morgan fingerprint density at radius 2 is 1.82 bits per heavy atom. The van der Waals surface area contributed by atoms with Crippen molar-refractivity contribution < 1.29 is 9.59 Å². The van der Waals surface area contributed by atoms with Gasteiger partial charge in [-0.3, -0.25) is 23.9 Å². The second-order valence-corrected chi connectivity index (χ2v) is 12.8. The summed E-state index contributed by atoms with van der Waals surface area (Å²) in [6.07, 6.45) is 7.66. The number of fused-ring (bicyclic) bond motifs is 3. The molecule has 2 aliphatic heterocycles. The van der Waals surface area contributed by atoms with Crippen LogP contribution < -0.4 is 20.9 Å². The second kappa shape index (κ2) is 10.7. The number of nitrogens with zero attached hydrogens (tertiary/aromatic N) is 8. The minimum Gasteiger partial charge on any atom is -0.364 e. The van der Waals surface area contributed by atoms with E-state index in [2.05, 4.69) is 71.8 Å². The summed E-state index contributed by atoms with van der Waals surface area (Å²) in [6, 6.07) is 10.4. The molecule has 0 spiro atoms. The molecule has 1 atom stereocenters. The molecule has 45 heavy (non-hydrogen) atoms. The molecule has 2 saturated carbocycles. The molecular weight excluding hydrogens is 570 g/mol. The number of likely N-dealkylation sites (tertiary alicyclic amines) is 1. The van der Waals surface area contributed by atoms with Gasteiger partial charge in [0.25, 0.3) is 5.91 Å². The summed E-state index contributed by atoms with van der Waals surface area (Å²) < 4.78 is 4.05. The first-order valence-electron chi connectivity index (χ1n) is 15.7. The van der Waals surface area contributed by atoms with E-state index in [4.69, 9.17) is 5.10 Å². The van der Waals surface area contributed by atoms with Crippen LogP contribution in [0.25, 0.3) is 11.1 Å². The van der Waals surface area contributed by atoms with E-state index in [-0.39, 0.29) is 35.5 Å². The number of rotatable bonds is 9. The van der Waals surface area contributed by atoms with Gasteiger partial charge in [0.2, 0.25) is 5.91 Å². The molecule has 1 aromatic carbocycles. The number of para-hydroxylation sites is 1. The van der Waals surface area contributed by atoms with Crippen molar-refractivity contribution in [3.05, 3.63) is 59.8 Å². The fourth-order valence-electron chi connectivity index (χ4n) is 6.42. The SMILES string of the molecule is CC1c2c(cnn2C2CN(Cc3ccn(C)n3)C2)-c2cccc(Nc3cc(NC(=O)C4CC4)nnc3C(=O)NC3CC3)c2N1C. The van der Waals surface area contributed by atoms with Crippen LogP contribution in [0, 0.1) is 5.92 Å². The van der Waals surface area contributed by atoms with Crippen LogP contribution in [0.5, 0.6) is 0 Å². The van der Waals surface area contributed by atoms with Crippen molar-refractivity contribution in [2.75, 3.05) is 35.7 Å². The van der Waals surface area contributed by atoms with E-state index in [1.165, 1.54) is 5.69 Å². The first-order valence-corrected chi connectivity index (χ1v) is 15.7. The summed E-state index contributed by atoms with van der Waals surface area (Å²) >= 11 is 0. The van der Waals surface area contributed by atoms with Crippen molar-refractivity contribution in [3.63, 3.8) is 0 Å². The van der Waals surface area contributed by atoms with Gasteiger partial charge in [-0.05, 0) is 44.7 Å². The monoisotopic (exact) mass is 607 g/mol. The van der Waals surface area contributed by atoms with Gasteiger partial charge < -0.3 is 20.9 Å². The van der Waals surface area contributed by atoms with Gasteiger partial charge in [0.1, 0.15) is 0 Å². The van der Waals surface area contributed by atoms with Crippen molar-refractivity contribution >= 4 is 34.7 Å². The summed E-state index contributed by atoms with van der Waals surface area (Å²) in [5.74, 6) is 0.00791. The normalized spacial score (nSPS) is 19.4. The number of carbonyl (C=O) groups excluding carboxylic acids is 2.